The van der Waals surface area contributed by atoms with E-state index in [0.29, 0.717) is 13.2 Å². The maximum Gasteiger partial charge on any atom is 0.359 e. The first-order valence-corrected chi connectivity index (χ1v) is 5.88. The molecule has 0 saturated heterocycles. The molecule has 0 spiro atoms. The first-order valence-electron chi connectivity index (χ1n) is 4.76. The molecular formula is C9H16BrNO5. The van der Waals surface area contributed by atoms with Crippen molar-refractivity contribution in [3.63, 3.8) is 0 Å². The molecule has 6 nitrogen and oxygen atoms in total. The number of carboxylic acids is 1. The summed E-state index contributed by atoms with van der Waals surface area (Å²) in [6.07, 6.45) is 0. The SMILES string of the molecule is CCOC(CBr)(OCC)C(=NOC)C(=O)O. The van der Waals surface area contributed by atoms with Crippen LogP contribution in [-0.2, 0) is 19.1 Å². The molecule has 0 aliphatic carbocycles. The molecule has 0 aromatic heterocycles. The van der Waals surface area contributed by atoms with Gasteiger partial charge in [-0.3, -0.25) is 0 Å². The number of alkyl halides is 1. The van der Waals surface area contributed by atoms with E-state index < -0.39 is 11.8 Å². The smallest absolute Gasteiger partial charge is 0.359 e. The Morgan fingerprint density at radius 3 is 2.12 bits per heavy atom. The van der Waals surface area contributed by atoms with Gasteiger partial charge < -0.3 is 19.4 Å². The van der Waals surface area contributed by atoms with Crippen molar-refractivity contribution < 1.29 is 24.2 Å². The zero-order chi connectivity index (χ0) is 12.6. The minimum absolute atomic E-state index is 0.149. The van der Waals surface area contributed by atoms with Crippen LogP contribution in [0.15, 0.2) is 5.16 Å². The lowest BCUT2D eigenvalue weighted by Crippen LogP contribution is -2.50. The molecular weight excluding hydrogens is 282 g/mol. The first kappa shape index (κ1) is 15.3. The van der Waals surface area contributed by atoms with E-state index >= 15 is 0 Å². The van der Waals surface area contributed by atoms with Crippen LogP contribution in [0, 0.1) is 0 Å². The van der Waals surface area contributed by atoms with E-state index in [4.69, 9.17) is 14.6 Å². The number of hydrogen-bond donors (Lipinski definition) is 1. The topological polar surface area (TPSA) is 77.3 Å². The fourth-order valence-corrected chi connectivity index (χ4v) is 1.74. The molecule has 0 aromatic carbocycles. The van der Waals surface area contributed by atoms with Gasteiger partial charge in [0.05, 0.1) is 5.33 Å². The molecule has 0 atom stereocenters. The van der Waals surface area contributed by atoms with Crippen molar-refractivity contribution in [2.45, 2.75) is 19.6 Å². The molecule has 0 unspecified atom stereocenters. The van der Waals surface area contributed by atoms with Gasteiger partial charge in [0.25, 0.3) is 0 Å². The van der Waals surface area contributed by atoms with Crippen LogP contribution in [-0.4, -0.2) is 48.2 Å². The fraction of sp³-hybridized carbons (Fsp3) is 0.778. The molecule has 0 radical (unpaired) electrons. The Hall–Kier alpha value is -0.660. The molecule has 0 aliphatic heterocycles. The Bertz CT molecular complexity index is 250. The van der Waals surface area contributed by atoms with Gasteiger partial charge >= 0.3 is 5.97 Å². The molecule has 0 bridgehead atoms. The van der Waals surface area contributed by atoms with Crippen molar-refractivity contribution in [1.29, 1.82) is 0 Å². The number of halogens is 1. The van der Waals surface area contributed by atoms with Gasteiger partial charge in [-0.05, 0) is 13.8 Å². The van der Waals surface area contributed by atoms with E-state index in [9.17, 15) is 4.79 Å². The molecule has 1 N–H and O–H groups in total. The zero-order valence-electron chi connectivity index (χ0n) is 9.53. The third-order valence-electron chi connectivity index (χ3n) is 1.68. The number of carbonyl (C=O) groups is 1. The molecule has 0 rings (SSSR count). The van der Waals surface area contributed by atoms with Gasteiger partial charge in [-0.1, -0.05) is 21.1 Å². The quantitative estimate of drug-likeness (QED) is 0.316. The first-order chi connectivity index (χ1) is 7.57. The summed E-state index contributed by atoms with van der Waals surface area (Å²) in [5.41, 5.74) is -0.324. The van der Waals surface area contributed by atoms with Crippen LogP contribution in [0.4, 0.5) is 0 Å². The molecule has 0 heterocycles. The Balaban J connectivity index is 5.23. The standard InChI is InChI=1S/C9H16BrNO5/c1-4-15-9(6-10,16-5-2)7(8(12)13)11-14-3/h4-6H2,1-3H3,(H,12,13). The molecule has 16 heavy (non-hydrogen) atoms. The highest BCUT2D eigenvalue weighted by molar-refractivity contribution is 9.09. The maximum absolute atomic E-state index is 11.1. The lowest BCUT2D eigenvalue weighted by molar-refractivity contribution is -0.173. The predicted octanol–water partition coefficient (Wildman–Crippen LogP) is 1.24. The molecule has 0 amide bonds. The van der Waals surface area contributed by atoms with Crippen molar-refractivity contribution in [2.75, 3.05) is 25.7 Å². The highest BCUT2D eigenvalue weighted by atomic mass is 79.9. The van der Waals surface area contributed by atoms with Crippen molar-refractivity contribution >= 4 is 27.6 Å². The second-order valence-electron chi connectivity index (χ2n) is 2.68. The van der Waals surface area contributed by atoms with E-state index in [0.717, 1.165) is 0 Å². The van der Waals surface area contributed by atoms with Gasteiger partial charge in [0.2, 0.25) is 11.5 Å². The van der Waals surface area contributed by atoms with Gasteiger partial charge in [0.15, 0.2) is 0 Å². The summed E-state index contributed by atoms with van der Waals surface area (Å²) in [5, 5.41) is 12.6. The fourth-order valence-electron chi connectivity index (χ4n) is 1.15. The normalized spacial score (nSPS) is 12.6. The number of rotatable bonds is 8. The highest BCUT2D eigenvalue weighted by Crippen LogP contribution is 2.20. The average molecular weight is 298 g/mol. The van der Waals surface area contributed by atoms with Crippen molar-refractivity contribution in [1.82, 2.24) is 0 Å². The lowest BCUT2D eigenvalue weighted by atomic mass is 10.2. The number of aliphatic carboxylic acids is 1. The van der Waals surface area contributed by atoms with E-state index in [1.807, 2.05) is 0 Å². The summed E-state index contributed by atoms with van der Waals surface area (Å²) in [4.78, 5) is 15.5. The van der Waals surface area contributed by atoms with Crippen LogP contribution in [0.3, 0.4) is 0 Å². The Morgan fingerprint density at radius 1 is 1.38 bits per heavy atom. The predicted molar refractivity (Wildman–Crippen MR) is 61.9 cm³/mol. The maximum atomic E-state index is 11.1. The van der Waals surface area contributed by atoms with E-state index in [1.165, 1.54) is 7.11 Å². The summed E-state index contributed by atoms with van der Waals surface area (Å²) < 4.78 is 10.7. The monoisotopic (exact) mass is 297 g/mol. The summed E-state index contributed by atoms with van der Waals surface area (Å²) >= 11 is 3.16. The summed E-state index contributed by atoms with van der Waals surface area (Å²) in [7, 11) is 1.26. The van der Waals surface area contributed by atoms with Gasteiger partial charge in [-0.15, -0.1) is 0 Å². The van der Waals surface area contributed by atoms with Gasteiger partial charge in [-0.2, -0.15) is 0 Å². The third-order valence-corrected chi connectivity index (χ3v) is 2.42. The molecule has 94 valence electrons. The second-order valence-corrected chi connectivity index (χ2v) is 3.24. The van der Waals surface area contributed by atoms with E-state index in [-0.39, 0.29) is 11.0 Å². The lowest BCUT2D eigenvalue weighted by Gasteiger charge is -2.29. The molecule has 0 fully saturated rings. The van der Waals surface area contributed by atoms with Crippen LogP contribution in [0.1, 0.15) is 13.8 Å². The molecule has 7 heteroatoms. The van der Waals surface area contributed by atoms with Gasteiger partial charge in [0, 0.05) is 13.2 Å². The number of carboxylic acid groups (broad SMARTS) is 1. The number of hydrogen-bond acceptors (Lipinski definition) is 5. The zero-order valence-corrected chi connectivity index (χ0v) is 11.1. The third kappa shape index (κ3) is 3.73. The van der Waals surface area contributed by atoms with Crippen LogP contribution < -0.4 is 0 Å². The van der Waals surface area contributed by atoms with Crippen LogP contribution in [0.2, 0.25) is 0 Å². The number of nitrogens with zero attached hydrogens (tertiary/aromatic N) is 1. The highest BCUT2D eigenvalue weighted by Gasteiger charge is 2.42. The van der Waals surface area contributed by atoms with Crippen LogP contribution in [0.25, 0.3) is 0 Å². The van der Waals surface area contributed by atoms with Gasteiger partial charge in [-0.25, -0.2) is 4.79 Å². The van der Waals surface area contributed by atoms with Crippen molar-refractivity contribution in [3.8, 4) is 0 Å². The van der Waals surface area contributed by atoms with Crippen LogP contribution >= 0.6 is 15.9 Å². The number of oxime groups is 1. The summed E-state index contributed by atoms with van der Waals surface area (Å²) in [6, 6.07) is 0. The van der Waals surface area contributed by atoms with E-state index in [1.54, 1.807) is 13.8 Å². The molecule has 0 aromatic rings. The van der Waals surface area contributed by atoms with Crippen LogP contribution in [0.5, 0.6) is 0 Å². The van der Waals surface area contributed by atoms with Gasteiger partial charge in [0.1, 0.15) is 7.11 Å². The minimum Gasteiger partial charge on any atom is -0.477 e. The summed E-state index contributed by atoms with van der Waals surface area (Å²) in [5.74, 6) is -2.67. The Morgan fingerprint density at radius 2 is 1.88 bits per heavy atom. The Labute approximate surface area is 103 Å². The average Bonchev–Trinajstić information content (AvgIpc) is 2.25. The van der Waals surface area contributed by atoms with Crippen molar-refractivity contribution in [3.05, 3.63) is 0 Å². The summed E-state index contributed by atoms with van der Waals surface area (Å²) in [6.45, 7) is 4.06. The largest absolute Gasteiger partial charge is 0.477 e. The Kier molecular flexibility index (Phi) is 7.27. The molecule has 0 aliphatic rings. The minimum atomic E-state index is -1.43. The second kappa shape index (κ2) is 7.59. The molecule has 0 saturated carbocycles. The van der Waals surface area contributed by atoms with E-state index in [2.05, 4.69) is 25.9 Å². The number of ether oxygens (including phenoxy) is 2. The van der Waals surface area contributed by atoms with Crippen molar-refractivity contribution in [2.24, 2.45) is 5.16 Å².